The highest BCUT2D eigenvalue weighted by atomic mass is 32.1. The molecule has 0 unspecified atom stereocenters. The lowest BCUT2D eigenvalue weighted by atomic mass is 9.97. The van der Waals surface area contributed by atoms with Crippen LogP contribution < -0.4 is 0 Å². The summed E-state index contributed by atoms with van der Waals surface area (Å²) in [5.74, 6) is -0.990. The fraction of sp³-hybridized carbons (Fsp3) is 0.615. The van der Waals surface area contributed by atoms with E-state index < -0.39 is 5.97 Å². The third-order valence-corrected chi connectivity index (χ3v) is 4.15. The monoisotopic (exact) mass is 297 g/mol. The van der Waals surface area contributed by atoms with E-state index in [2.05, 4.69) is 4.98 Å². The van der Waals surface area contributed by atoms with Crippen LogP contribution in [0.4, 0.5) is 0 Å². The van der Waals surface area contributed by atoms with Crippen molar-refractivity contribution in [3.8, 4) is 0 Å². The largest absolute Gasteiger partial charge is 0.481 e. The van der Waals surface area contributed by atoms with Gasteiger partial charge < -0.3 is 10.0 Å². The van der Waals surface area contributed by atoms with Crippen LogP contribution in [0.1, 0.15) is 18.5 Å². The molecule has 2 heterocycles. The van der Waals surface area contributed by atoms with Crippen molar-refractivity contribution in [2.45, 2.75) is 19.4 Å². The average Bonchev–Trinajstić information content (AvgIpc) is 2.91. The lowest BCUT2D eigenvalue weighted by Crippen LogP contribution is -2.44. The molecule has 6 nitrogen and oxygen atoms in total. The lowest BCUT2D eigenvalue weighted by molar-refractivity contribution is -0.145. The normalized spacial score (nSPS) is 16.6. The van der Waals surface area contributed by atoms with Gasteiger partial charge >= 0.3 is 5.97 Å². The number of aliphatic carboxylic acids is 1. The SMILES string of the molecule is CN(CC(=O)N1CCC(C(=O)O)CC1)Cc1cscn1. The zero-order valence-electron chi connectivity index (χ0n) is 11.5. The first-order valence-corrected chi connectivity index (χ1v) is 7.56. The molecule has 1 aliphatic heterocycles. The summed E-state index contributed by atoms with van der Waals surface area (Å²) in [5, 5.41) is 10.9. The maximum Gasteiger partial charge on any atom is 0.306 e. The number of likely N-dealkylation sites (tertiary alicyclic amines) is 1. The molecule has 110 valence electrons. The Balaban J connectivity index is 1.76. The van der Waals surface area contributed by atoms with Crippen molar-refractivity contribution in [1.82, 2.24) is 14.8 Å². The molecule has 1 aromatic rings. The van der Waals surface area contributed by atoms with E-state index in [0.717, 1.165) is 5.69 Å². The fourth-order valence-electron chi connectivity index (χ4n) is 2.35. The van der Waals surface area contributed by atoms with E-state index in [-0.39, 0.29) is 11.8 Å². The van der Waals surface area contributed by atoms with Gasteiger partial charge in [-0.2, -0.15) is 0 Å². The number of piperidine rings is 1. The minimum absolute atomic E-state index is 0.0616. The van der Waals surface area contributed by atoms with Crippen molar-refractivity contribution in [3.05, 3.63) is 16.6 Å². The molecule has 0 aliphatic carbocycles. The van der Waals surface area contributed by atoms with Gasteiger partial charge in [0.05, 0.1) is 23.7 Å². The standard InChI is InChI=1S/C13H19N3O3S/c1-15(6-11-8-20-9-14-11)7-12(17)16-4-2-10(3-5-16)13(18)19/h8-10H,2-7H2,1H3,(H,18,19). The average molecular weight is 297 g/mol. The molecule has 0 spiro atoms. The zero-order chi connectivity index (χ0) is 14.5. The number of carboxylic acids is 1. The number of nitrogens with zero attached hydrogens (tertiary/aromatic N) is 3. The number of aromatic nitrogens is 1. The molecule has 20 heavy (non-hydrogen) atoms. The van der Waals surface area contributed by atoms with Crippen LogP contribution in [-0.2, 0) is 16.1 Å². The van der Waals surface area contributed by atoms with Crippen molar-refractivity contribution >= 4 is 23.2 Å². The van der Waals surface area contributed by atoms with Crippen molar-refractivity contribution in [3.63, 3.8) is 0 Å². The van der Waals surface area contributed by atoms with Crippen LogP contribution in [0.5, 0.6) is 0 Å². The molecule has 7 heteroatoms. The van der Waals surface area contributed by atoms with Gasteiger partial charge in [-0.1, -0.05) is 0 Å². The van der Waals surface area contributed by atoms with Crippen molar-refractivity contribution in [1.29, 1.82) is 0 Å². The van der Waals surface area contributed by atoms with Gasteiger partial charge in [-0.05, 0) is 19.9 Å². The minimum atomic E-state index is -0.752. The maximum absolute atomic E-state index is 12.1. The Morgan fingerprint density at radius 2 is 2.20 bits per heavy atom. The Labute approximate surface area is 122 Å². The molecule has 0 saturated carbocycles. The number of carbonyl (C=O) groups excluding carboxylic acids is 1. The lowest BCUT2D eigenvalue weighted by Gasteiger charge is -2.31. The summed E-state index contributed by atoms with van der Waals surface area (Å²) in [7, 11) is 1.89. The van der Waals surface area contributed by atoms with Crippen LogP contribution in [0.15, 0.2) is 10.9 Å². The van der Waals surface area contributed by atoms with Crippen molar-refractivity contribution < 1.29 is 14.7 Å². The number of hydrogen-bond donors (Lipinski definition) is 1. The number of hydrogen-bond acceptors (Lipinski definition) is 5. The topological polar surface area (TPSA) is 73.7 Å². The number of carbonyl (C=O) groups is 2. The van der Waals surface area contributed by atoms with Crippen molar-refractivity contribution in [2.24, 2.45) is 5.92 Å². The summed E-state index contributed by atoms with van der Waals surface area (Å²) in [6, 6.07) is 0. The molecule has 1 aromatic heterocycles. The van der Waals surface area contributed by atoms with Crippen molar-refractivity contribution in [2.75, 3.05) is 26.7 Å². The summed E-state index contributed by atoms with van der Waals surface area (Å²) in [4.78, 5) is 30.9. The summed E-state index contributed by atoms with van der Waals surface area (Å²) in [6.07, 6.45) is 1.10. The fourth-order valence-corrected chi connectivity index (χ4v) is 2.90. The number of likely N-dealkylation sites (N-methyl/N-ethyl adjacent to an activating group) is 1. The van der Waals surface area contributed by atoms with Gasteiger partial charge in [0.2, 0.25) is 5.91 Å². The first kappa shape index (κ1) is 14.9. The second-order valence-corrected chi connectivity index (χ2v) is 5.86. The highest BCUT2D eigenvalue weighted by molar-refractivity contribution is 7.07. The molecule has 0 aromatic carbocycles. The van der Waals surface area contributed by atoms with E-state index >= 15 is 0 Å². The van der Waals surface area contributed by atoms with Gasteiger partial charge in [0.15, 0.2) is 0 Å². The quantitative estimate of drug-likeness (QED) is 0.874. The number of rotatable bonds is 5. The number of thiazole rings is 1. The number of amides is 1. The molecule has 2 rings (SSSR count). The first-order chi connectivity index (χ1) is 9.56. The molecule has 1 N–H and O–H groups in total. The Kier molecular flexibility index (Phi) is 5.08. The minimum Gasteiger partial charge on any atom is -0.481 e. The Hall–Kier alpha value is -1.47. The molecule has 0 radical (unpaired) electrons. The van der Waals surface area contributed by atoms with Gasteiger partial charge in [-0.3, -0.25) is 14.5 Å². The van der Waals surface area contributed by atoms with E-state index in [1.54, 1.807) is 21.7 Å². The molecule has 1 fully saturated rings. The predicted octanol–water partition coefficient (Wildman–Crippen LogP) is 0.898. The van der Waals surface area contributed by atoms with E-state index in [1.807, 2.05) is 17.3 Å². The predicted molar refractivity (Wildman–Crippen MR) is 75.4 cm³/mol. The smallest absolute Gasteiger partial charge is 0.306 e. The Bertz CT molecular complexity index is 455. The molecule has 0 bridgehead atoms. The molecular formula is C13H19N3O3S. The van der Waals surface area contributed by atoms with Crippen LogP contribution in [0.2, 0.25) is 0 Å². The van der Waals surface area contributed by atoms with Crippen LogP contribution in [0.25, 0.3) is 0 Å². The van der Waals surface area contributed by atoms with Crippen LogP contribution >= 0.6 is 11.3 Å². The first-order valence-electron chi connectivity index (χ1n) is 6.62. The Morgan fingerprint density at radius 1 is 1.50 bits per heavy atom. The van der Waals surface area contributed by atoms with Gasteiger partial charge in [-0.15, -0.1) is 11.3 Å². The van der Waals surface area contributed by atoms with Crippen LogP contribution in [0, 0.1) is 5.92 Å². The van der Waals surface area contributed by atoms with Gasteiger partial charge in [0.1, 0.15) is 0 Å². The molecule has 1 saturated heterocycles. The summed E-state index contributed by atoms with van der Waals surface area (Å²) in [6.45, 7) is 2.08. The van der Waals surface area contributed by atoms with Gasteiger partial charge in [0, 0.05) is 25.0 Å². The third-order valence-electron chi connectivity index (χ3n) is 3.52. The number of carboxylic acid groups (broad SMARTS) is 1. The van der Waals surface area contributed by atoms with Gasteiger partial charge in [0.25, 0.3) is 0 Å². The zero-order valence-corrected chi connectivity index (χ0v) is 12.3. The summed E-state index contributed by atoms with van der Waals surface area (Å²) < 4.78 is 0. The second kappa shape index (κ2) is 6.81. The summed E-state index contributed by atoms with van der Waals surface area (Å²) >= 11 is 1.54. The van der Waals surface area contributed by atoms with E-state index in [0.29, 0.717) is 39.0 Å². The summed E-state index contributed by atoms with van der Waals surface area (Å²) in [5.41, 5.74) is 2.75. The van der Waals surface area contributed by atoms with Gasteiger partial charge in [-0.25, -0.2) is 4.98 Å². The molecular weight excluding hydrogens is 278 g/mol. The van der Waals surface area contributed by atoms with E-state index in [9.17, 15) is 9.59 Å². The molecule has 1 amide bonds. The highest BCUT2D eigenvalue weighted by Gasteiger charge is 2.27. The van der Waals surface area contributed by atoms with Crippen LogP contribution in [-0.4, -0.2) is 58.4 Å². The maximum atomic E-state index is 12.1. The van der Waals surface area contributed by atoms with Crippen LogP contribution in [0.3, 0.4) is 0 Å². The molecule has 0 atom stereocenters. The second-order valence-electron chi connectivity index (χ2n) is 5.15. The van der Waals surface area contributed by atoms with E-state index in [4.69, 9.17) is 5.11 Å². The highest BCUT2D eigenvalue weighted by Crippen LogP contribution is 2.17. The molecule has 1 aliphatic rings. The van der Waals surface area contributed by atoms with E-state index in [1.165, 1.54) is 0 Å². The third kappa shape index (κ3) is 4.01. The Morgan fingerprint density at radius 3 is 2.75 bits per heavy atom.